The van der Waals surface area contributed by atoms with Gasteiger partial charge in [0.15, 0.2) is 0 Å². The molecule has 0 bridgehead atoms. The van der Waals surface area contributed by atoms with Gasteiger partial charge in [0, 0.05) is 19.1 Å². The van der Waals surface area contributed by atoms with E-state index in [9.17, 15) is 5.11 Å². The molecule has 0 aliphatic carbocycles. The summed E-state index contributed by atoms with van der Waals surface area (Å²) in [6.45, 7) is 11.6. The van der Waals surface area contributed by atoms with Gasteiger partial charge in [0.1, 0.15) is 0 Å². The number of nitrogens with zero attached hydrogens (tertiary/aromatic N) is 1. The van der Waals surface area contributed by atoms with Crippen LogP contribution in [0.3, 0.4) is 0 Å². The van der Waals surface area contributed by atoms with Crippen molar-refractivity contribution in [1.29, 1.82) is 0 Å². The molecule has 4 nitrogen and oxygen atoms in total. The first kappa shape index (κ1) is 15.8. The molecule has 0 aromatic heterocycles. The highest BCUT2D eigenvalue weighted by molar-refractivity contribution is 4.73. The minimum atomic E-state index is -0.368. The highest BCUT2D eigenvalue weighted by Gasteiger charge is 2.14. The number of aliphatic hydroxyl groups excluding tert-OH is 2. The fraction of sp³-hybridized carbons (Fsp3) is 1.00. The summed E-state index contributed by atoms with van der Waals surface area (Å²) >= 11 is 0. The molecule has 0 aromatic rings. The van der Waals surface area contributed by atoms with E-state index in [1.54, 1.807) is 0 Å². The molecule has 0 rings (SSSR count). The van der Waals surface area contributed by atoms with Crippen LogP contribution < -0.4 is 5.32 Å². The zero-order valence-corrected chi connectivity index (χ0v) is 11.1. The highest BCUT2D eigenvalue weighted by atomic mass is 16.3. The van der Waals surface area contributed by atoms with E-state index in [0.29, 0.717) is 19.0 Å². The first-order valence-electron chi connectivity index (χ1n) is 6.29. The van der Waals surface area contributed by atoms with Crippen molar-refractivity contribution < 1.29 is 10.2 Å². The fourth-order valence-corrected chi connectivity index (χ4v) is 1.64. The lowest BCUT2D eigenvalue weighted by molar-refractivity contribution is 0.106. The molecule has 0 aliphatic heterocycles. The van der Waals surface area contributed by atoms with E-state index in [0.717, 1.165) is 13.1 Å². The smallest absolute Gasteiger partial charge is 0.0791 e. The molecule has 0 radical (unpaired) electrons. The molecular weight excluding hydrogens is 204 g/mol. The standard InChI is InChI=1S/C12H28N2O2/c1-5-14(6-2)8-11(16)7-13-12(9-15)10(3)4/h10-13,15-16H,5-9H2,1-4H3/t11?,12-/m1/s1. The Morgan fingerprint density at radius 1 is 1.19 bits per heavy atom. The Kier molecular flexibility index (Phi) is 8.84. The van der Waals surface area contributed by atoms with Crippen LogP contribution in [0.15, 0.2) is 0 Å². The first-order chi connectivity index (χ1) is 7.54. The van der Waals surface area contributed by atoms with Crippen LogP contribution in [0, 0.1) is 5.92 Å². The Hall–Kier alpha value is -0.160. The van der Waals surface area contributed by atoms with E-state index in [-0.39, 0.29) is 18.8 Å². The molecule has 0 heterocycles. The van der Waals surface area contributed by atoms with E-state index in [2.05, 4.69) is 37.9 Å². The Balaban J connectivity index is 3.82. The molecule has 0 aromatic carbocycles. The van der Waals surface area contributed by atoms with E-state index < -0.39 is 0 Å². The van der Waals surface area contributed by atoms with Gasteiger partial charge in [-0.05, 0) is 19.0 Å². The second-order valence-corrected chi connectivity index (χ2v) is 4.58. The van der Waals surface area contributed by atoms with Crippen molar-refractivity contribution in [3.05, 3.63) is 0 Å². The Morgan fingerprint density at radius 3 is 2.12 bits per heavy atom. The second kappa shape index (κ2) is 8.93. The summed E-state index contributed by atoms with van der Waals surface area (Å²) in [5.41, 5.74) is 0. The topological polar surface area (TPSA) is 55.7 Å². The molecule has 0 spiro atoms. The van der Waals surface area contributed by atoms with Gasteiger partial charge >= 0.3 is 0 Å². The molecule has 4 heteroatoms. The summed E-state index contributed by atoms with van der Waals surface area (Å²) in [5.74, 6) is 0.380. The van der Waals surface area contributed by atoms with Crippen LogP contribution in [0.5, 0.6) is 0 Å². The number of hydrogen-bond donors (Lipinski definition) is 3. The van der Waals surface area contributed by atoms with Gasteiger partial charge in [-0.2, -0.15) is 0 Å². The normalized spacial score (nSPS) is 15.8. The molecule has 0 amide bonds. The lowest BCUT2D eigenvalue weighted by Crippen LogP contribution is -2.44. The molecular formula is C12H28N2O2. The molecule has 0 saturated carbocycles. The quantitative estimate of drug-likeness (QED) is 0.535. The number of aliphatic hydroxyl groups is 2. The minimum absolute atomic E-state index is 0.0753. The van der Waals surface area contributed by atoms with E-state index in [4.69, 9.17) is 5.11 Å². The molecule has 16 heavy (non-hydrogen) atoms. The average Bonchev–Trinajstić information content (AvgIpc) is 2.26. The lowest BCUT2D eigenvalue weighted by atomic mass is 10.1. The maximum atomic E-state index is 9.82. The van der Waals surface area contributed by atoms with Crippen LogP contribution in [0.4, 0.5) is 0 Å². The summed E-state index contributed by atoms with van der Waals surface area (Å²) in [4.78, 5) is 2.19. The molecule has 0 fully saturated rings. The van der Waals surface area contributed by atoms with Crippen LogP contribution in [-0.2, 0) is 0 Å². The summed E-state index contributed by atoms with van der Waals surface area (Å²) in [5, 5.41) is 22.1. The van der Waals surface area contributed by atoms with E-state index >= 15 is 0 Å². The zero-order valence-electron chi connectivity index (χ0n) is 11.1. The van der Waals surface area contributed by atoms with Crippen molar-refractivity contribution in [3.8, 4) is 0 Å². The average molecular weight is 232 g/mol. The van der Waals surface area contributed by atoms with Gasteiger partial charge in [-0.3, -0.25) is 0 Å². The lowest BCUT2D eigenvalue weighted by Gasteiger charge is -2.25. The number of likely N-dealkylation sites (N-methyl/N-ethyl adjacent to an activating group) is 1. The van der Waals surface area contributed by atoms with Crippen LogP contribution in [0.1, 0.15) is 27.7 Å². The van der Waals surface area contributed by atoms with Gasteiger partial charge in [-0.15, -0.1) is 0 Å². The van der Waals surface area contributed by atoms with Gasteiger partial charge < -0.3 is 20.4 Å². The summed E-state index contributed by atoms with van der Waals surface area (Å²) in [6.07, 6.45) is -0.368. The fourth-order valence-electron chi connectivity index (χ4n) is 1.64. The third kappa shape index (κ3) is 6.43. The summed E-state index contributed by atoms with van der Waals surface area (Å²) in [6, 6.07) is 0.0753. The molecule has 0 saturated heterocycles. The highest BCUT2D eigenvalue weighted by Crippen LogP contribution is 2.00. The number of nitrogens with one attached hydrogen (secondary N) is 1. The summed E-state index contributed by atoms with van der Waals surface area (Å²) in [7, 11) is 0. The Morgan fingerprint density at radius 2 is 1.75 bits per heavy atom. The maximum Gasteiger partial charge on any atom is 0.0791 e. The number of hydrogen-bond acceptors (Lipinski definition) is 4. The van der Waals surface area contributed by atoms with Gasteiger partial charge in [0.2, 0.25) is 0 Å². The van der Waals surface area contributed by atoms with Gasteiger partial charge in [0.05, 0.1) is 12.7 Å². The second-order valence-electron chi connectivity index (χ2n) is 4.58. The third-order valence-corrected chi connectivity index (χ3v) is 2.98. The van der Waals surface area contributed by atoms with Crippen LogP contribution in [-0.4, -0.2) is 60.0 Å². The SMILES string of the molecule is CCN(CC)CC(O)CN[C@H](CO)C(C)C. The maximum absolute atomic E-state index is 9.82. The Bertz CT molecular complexity index is 161. The predicted octanol–water partition coefficient (Wildman–Crippen LogP) is 0.296. The minimum Gasteiger partial charge on any atom is -0.395 e. The van der Waals surface area contributed by atoms with E-state index in [1.807, 2.05) is 0 Å². The molecule has 1 unspecified atom stereocenters. The first-order valence-corrected chi connectivity index (χ1v) is 6.29. The van der Waals surface area contributed by atoms with Gasteiger partial charge in [0.25, 0.3) is 0 Å². The molecule has 98 valence electrons. The van der Waals surface area contributed by atoms with E-state index in [1.165, 1.54) is 0 Å². The molecule has 3 N–H and O–H groups in total. The number of rotatable bonds is 9. The monoisotopic (exact) mass is 232 g/mol. The van der Waals surface area contributed by atoms with Crippen molar-refractivity contribution >= 4 is 0 Å². The largest absolute Gasteiger partial charge is 0.395 e. The van der Waals surface area contributed by atoms with Crippen molar-refractivity contribution in [3.63, 3.8) is 0 Å². The zero-order chi connectivity index (χ0) is 12.6. The van der Waals surface area contributed by atoms with Crippen LogP contribution in [0.25, 0.3) is 0 Å². The summed E-state index contributed by atoms with van der Waals surface area (Å²) < 4.78 is 0. The Labute approximate surface area is 99.7 Å². The van der Waals surface area contributed by atoms with Crippen molar-refractivity contribution in [2.75, 3.05) is 32.8 Å². The van der Waals surface area contributed by atoms with Gasteiger partial charge in [-0.25, -0.2) is 0 Å². The molecule has 2 atom stereocenters. The van der Waals surface area contributed by atoms with Gasteiger partial charge in [-0.1, -0.05) is 27.7 Å². The predicted molar refractivity (Wildman–Crippen MR) is 67.5 cm³/mol. The van der Waals surface area contributed by atoms with Crippen molar-refractivity contribution in [2.45, 2.75) is 39.8 Å². The van der Waals surface area contributed by atoms with Crippen molar-refractivity contribution in [1.82, 2.24) is 10.2 Å². The van der Waals surface area contributed by atoms with Crippen LogP contribution in [0.2, 0.25) is 0 Å². The van der Waals surface area contributed by atoms with Crippen molar-refractivity contribution in [2.24, 2.45) is 5.92 Å². The molecule has 0 aliphatic rings. The van der Waals surface area contributed by atoms with Crippen LogP contribution >= 0.6 is 0 Å². The third-order valence-electron chi connectivity index (χ3n) is 2.98.